The first-order valence-corrected chi connectivity index (χ1v) is 7.44. The fourth-order valence-electron chi connectivity index (χ4n) is 2.16. The van der Waals surface area contributed by atoms with Crippen molar-refractivity contribution in [3.8, 4) is 5.75 Å². The van der Waals surface area contributed by atoms with E-state index in [9.17, 15) is 9.59 Å². The van der Waals surface area contributed by atoms with Crippen molar-refractivity contribution < 1.29 is 19.4 Å². The van der Waals surface area contributed by atoms with E-state index in [2.05, 4.69) is 6.92 Å². The number of nitrogens with two attached hydrogens (primary N) is 1. The largest absolute Gasteiger partial charge is 0.493 e. The minimum absolute atomic E-state index is 0.0194. The average Bonchev–Trinajstić information content (AvgIpc) is 2.54. The van der Waals surface area contributed by atoms with Gasteiger partial charge in [-0.2, -0.15) is 0 Å². The predicted octanol–water partition coefficient (Wildman–Crippen LogP) is 3.38. The molecule has 0 unspecified atom stereocenters. The lowest BCUT2D eigenvalue weighted by molar-refractivity contribution is 0.0697. The van der Waals surface area contributed by atoms with Crippen molar-refractivity contribution in [2.45, 2.75) is 19.8 Å². The number of carbonyl (C=O) groups excluding carboxylic acids is 1. The van der Waals surface area contributed by atoms with Gasteiger partial charge in [0.15, 0.2) is 5.78 Å². The Morgan fingerprint density at radius 1 is 1.13 bits per heavy atom. The van der Waals surface area contributed by atoms with Gasteiger partial charge in [-0.1, -0.05) is 31.5 Å². The molecule has 3 N–H and O–H groups in total. The van der Waals surface area contributed by atoms with Crippen LogP contribution < -0.4 is 10.5 Å². The summed E-state index contributed by atoms with van der Waals surface area (Å²) < 4.78 is 5.67. The van der Waals surface area contributed by atoms with Crippen LogP contribution in [0.3, 0.4) is 0 Å². The number of hydrogen-bond donors (Lipinski definition) is 2. The zero-order valence-electron chi connectivity index (χ0n) is 12.9. The lowest BCUT2D eigenvalue weighted by atomic mass is 10.00. The van der Waals surface area contributed by atoms with Crippen molar-refractivity contribution in [3.05, 3.63) is 59.2 Å². The van der Waals surface area contributed by atoms with Crippen molar-refractivity contribution in [2.75, 3.05) is 12.3 Å². The molecular weight excluding hydrogens is 294 g/mol. The number of carboxylic acids is 1. The molecular formula is C18H19NO4. The molecule has 0 fully saturated rings. The number of unbranched alkanes of at least 4 members (excludes halogenated alkanes) is 1. The molecule has 0 bridgehead atoms. The number of anilines is 1. The highest BCUT2D eigenvalue weighted by atomic mass is 16.5. The summed E-state index contributed by atoms with van der Waals surface area (Å²) in [5.74, 6) is -0.850. The van der Waals surface area contributed by atoms with E-state index in [1.54, 1.807) is 24.3 Å². The second kappa shape index (κ2) is 7.45. The quantitative estimate of drug-likeness (QED) is 0.464. The normalized spacial score (nSPS) is 10.3. The molecule has 0 aromatic heterocycles. The average molecular weight is 313 g/mol. The topological polar surface area (TPSA) is 89.6 Å². The summed E-state index contributed by atoms with van der Waals surface area (Å²) >= 11 is 0. The minimum atomic E-state index is -1.12. The SMILES string of the molecule is CCCCOc1ccccc1C(=O)c1ccc(C(=O)O)c(N)c1. The third-order valence-corrected chi connectivity index (χ3v) is 3.43. The van der Waals surface area contributed by atoms with Gasteiger partial charge in [0, 0.05) is 11.3 Å². The second-order valence-electron chi connectivity index (χ2n) is 5.13. The summed E-state index contributed by atoms with van der Waals surface area (Å²) in [5.41, 5.74) is 6.52. The highest BCUT2D eigenvalue weighted by molar-refractivity contribution is 6.11. The molecule has 5 nitrogen and oxygen atoms in total. The molecule has 0 saturated heterocycles. The van der Waals surface area contributed by atoms with Gasteiger partial charge in [-0.25, -0.2) is 4.79 Å². The smallest absolute Gasteiger partial charge is 0.337 e. The predicted molar refractivity (Wildman–Crippen MR) is 88.1 cm³/mol. The molecule has 0 amide bonds. The molecule has 2 aromatic carbocycles. The van der Waals surface area contributed by atoms with E-state index in [0.29, 0.717) is 23.5 Å². The highest BCUT2D eigenvalue weighted by Crippen LogP contribution is 2.24. The fraction of sp³-hybridized carbons (Fsp3) is 0.222. The number of carbonyl (C=O) groups is 2. The van der Waals surface area contributed by atoms with E-state index in [-0.39, 0.29) is 17.0 Å². The number of hydrogen-bond acceptors (Lipinski definition) is 4. The first-order chi connectivity index (χ1) is 11.0. The van der Waals surface area contributed by atoms with Crippen LogP contribution in [0.1, 0.15) is 46.0 Å². The summed E-state index contributed by atoms with van der Waals surface area (Å²) in [5, 5.41) is 8.99. The van der Waals surface area contributed by atoms with Crippen molar-refractivity contribution in [1.82, 2.24) is 0 Å². The monoisotopic (exact) mass is 313 g/mol. The molecule has 0 aliphatic rings. The minimum Gasteiger partial charge on any atom is -0.493 e. The fourth-order valence-corrected chi connectivity index (χ4v) is 2.16. The molecule has 0 aliphatic heterocycles. The number of para-hydroxylation sites is 1. The summed E-state index contributed by atoms with van der Waals surface area (Å²) in [7, 11) is 0. The summed E-state index contributed by atoms with van der Waals surface area (Å²) in [6.07, 6.45) is 1.91. The standard InChI is InChI=1S/C18H19NO4/c1-2-3-10-23-16-7-5-4-6-14(16)17(20)12-8-9-13(18(21)22)15(19)11-12/h4-9,11H,2-3,10,19H2,1H3,(H,21,22). The van der Waals surface area contributed by atoms with Crippen LogP contribution in [0.4, 0.5) is 5.69 Å². The van der Waals surface area contributed by atoms with Gasteiger partial charge in [0.1, 0.15) is 5.75 Å². The maximum Gasteiger partial charge on any atom is 0.337 e. The number of nitrogen functional groups attached to an aromatic ring is 1. The number of carboxylic acid groups (broad SMARTS) is 1. The second-order valence-corrected chi connectivity index (χ2v) is 5.13. The van der Waals surface area contributed by atoms with Gasteiger partial charge < -0.3 is 15.6 Å². The number of aromatic carboxylic acids is 1. The van der Waals surface area contributed by atoms with Gasteiger partial charge in [-0.15, -0.1) is 0 Å². The van der Waals surface area contributed by atoms with E-state index in [1.807, 2.05) is 0 Å². The Labute approximate surface area is 134 Å². The Balaban J connectivity index is 2.30. The third kappa shape index (κ3) is 3.88. The van der Waals surface area contributed by atoms with Crippen molar-refractivity contribution in [3.63, 3.8) is 0 Å². The number of rotatable bonds is 7. The Bertz CT molecular complexity index is 725. The van der Waals surface area contributed by atoms with Gasteiger partial charge in [0.2, 0.25) is 0 Å². The van der Waals surface area contributed by atoms with Crippen LogP contribution in [0, 0.1) is 0 Å². The molecule has 2 aromatic rings. The summed E-state index contributed by atoms with van der Waals surface area (Å²) in [6.45, 7) is 2.61. The van der Waals surface area contributed by atoms with E-state index in [4.69, 9.17) is 15.6 Å². The van der Waals surface area contributed by atoms with Gasteiger partial charge in [0.25, 0.3) is 0 Å². The van der Waals surface area contributed by atoms with Crippen LogP contribution in [0.25, 0.3) is 0 Å². The van der Waals surface area contributed by atoms with Crippen LogP contribution in [0.5, 0.6) is 5.75 Å². The zero-order chi connectivity index (χ0) is 16.8. The van der Waals surface area contributed by atoms with Gasteiger partial charge in [-0.05, 0) is 30.7 Å². The molecule has 0 aliphatic carbocycles. The van der Waals surface area contributed by atoms with Crippen LogP contribution in [0.15, 0.2) is 42.5 Å². The highest BCUT2D eigenvalue weighted by Gasteiger charge is 2.17. The maximum absolute atomic E-state index is 12.7. The number of ketones is 1. The van der Waals surface area contributed by atoms with Crippen molar-refractivity contribution >= 4 is 17.4 Å². The van der Waals surface area contributed by atoms with E-state index < -0.39 is 5.97 Å². The van der Waals surface area contributed by atoms with Crippen LogP contribution >= 0.6 is 0 Å². The molecule has 120 valence electrons. The van der Waals surface area contributed by atoms with E-state index in [1.165, 1.54) is 18.2 Å². The van der Waals surface area contributed by atoms with Crippen LogP contribution in [0.2, 0.25) is 0 Å². The van der Waals surface area contributed by atoms with Gasteiger partial charge >= 0.3 is 5.97 Å². The Morgan fingerprint density at radius 2 is 1.87 bits per heavy atom. The zero-order valence-corrected chi connectivity index (χ0v) is 12.9. The molecule has 2 rings (SSSR count). The summed E-state index contributed by atoms with van der Waals surface area (Å²) in [4.78, 5) is 23.6. The lowest BCUT2D eigenvalue weighted by Crippen LogP contribution is -2.09. The molecule has 0 radical (unpaired) electrons. The molecule has 23 heavy (non-hydrogen) atoms. The van der Waals surface area contributed by atoms with E-state index >= 15 is 0 Å². The van der Waals surface area contributed by atoms with Crippen LogP contribution in [-0.4, -0.2) is 23.5 Å². The Kier molecular flexibility index (Phi) is 5.36. The third-order valence-electron chi connectivity index (χ3n) is 3.43. The lowest BCUT2D eigenvalue weighted by Gasteiger charge is -2.11. The Hall–Kier alpha value is -2.82. The molecule has 0 saturated carbocycles. The summed E-state index contributed by atoms with van der Waals surface area (Å²) in [6, 6.07) is 11.2. The van der Waals surface area contributed by atoms with Crippen molar-refractivity contribution in [2.24, 2.45) is 0 Å². The van der Waals surface area contributed by atoms with E-state index in [0.717, 1.165) is 12.8 Å². The molecule has 5 heteroatoms. The first kappa shape index (κ1) is 16.5. The maximum atomic E-state index is 12.7. The Morgan fingerprint density at radius 3 is 2.52 bits per heavy atom. The van der Waals surface area contributed by atoms with Gasteiger partial charge in [-0.3, -0.25) is 4.79 Å². The number of benzene rings is 2. The van der Waals surface area contributed by atoms with Crippen molar-refractivity contribution in [1.29, 1.82) is 0 Å². The molecule has 0 spiro atoms. The number of ether oxygens (including phenoxy) is 1. The first-order valence-electron chi connectivity index (χ1n) is 7.44. The molecule has 0 heterocycles. The van der Waals surface area contributed by atoms with Gasteiger partial charge in [0.05, 0.1) is 17.7 Å². The van der Waals surface area contributed by atoms with Crippen LogP contribution in [-0.2, 0) is 0 Å². The molecule has 0 atom stereocenters.